The molecule has 1 saturated heterocycles. The minimum atomic E-state index is -4.43. The molecule has 34 heavy (non-hydrogen) atoms. The molecule has 0 bridgehead atoms. The van der Waals surface area contributed by atoms with Gasteiger partial charge in [0.25, 0.3) is 5.91 Å². The minimum Gasteiger partial charge on any atom is -0.490 e. The van der Waals surface area contributed by atoms with Gasteiger partial charge in [-0.05, 0) is 30.3 Å². The highest BCUT2D eigenvalue weighted by molar-refractivity contribution is 5.94. The van der Waals surface area contributed by atoms with Gasteiger partial charge in [0.2, 0.25) is 5.91 Å². The van der Waals surface area contributed by atoms with Gasteiger partial charge in [-0.2, -0.15) is 13.2 Å². The Bertz CT molecular complexity index is 1140. The topological polar surface area (TPSA) is 76.5 Å². The summed E-state index contributed by atoms with van der Waals surface area (Å²) < 4.78 is 46.0. The van der Waals surface area contributed by atoms with E-state index in [4.69, 9.17) is 4.74 Å². The number of benzene rings is 2. The van der Waals surface area contributed by atoms with E-state index in [1.54, 1.807) is 15.7 Å². The first-order chi connectivity index (χ1) is 16.3. The van der Waals surface area contributed by atoms with Crippen molar-refractivity contribution < 1.29 is 27.5 Å². The molecule has 4 rings (SSSR count). The molecule has 1 N–H and O–H groups in total. The van der Waals surface area contributed by atoms with Crippen LogP contribution in [0.5, 0.6) is 5.75 Å². The number of aromatic nitrogens is 2. The van der Waals surface area contributed by atoms with Crippen molar-refractivity contribution in [1.82, 2.24) is 19.8 Å². The average Bonchev–Trinajstić information content (AvgIpc) is 3.34. The first-order valence-electron chi connectivity index (χ1n) is 10.8. The Labute approximate surface area is 194 Å². The van der Waals surface area contributed by atoms with E-state index < -0.39 is 17.6 Å². The largest absolute Gasteiger partial charge is 0.490 e. The number of nitrogens with one attached hydrogen (secondary N) is 1. The van der Waals surface area contributed by atoms with Crippen LogP contribution in [0.25, 0.3) is 5.69 Å². The van der Waals surface area contributed by atoms with Crippen molar-refractivity contribution in [3.63, 3.8) is 0 Å². The van der Waals surface area contributed by atoms with Crippen LogP contribution in [-0.4, -0.2) is 52.0 Å². The van der Waals surface area contributed by atoms with Crippen molar-refractivity contribution in [3.05, 3.63) is 78.4 Å². The van der Waals surface area contributed by atoms with E-state index in [1.165, 1.54) is 18.5 Å². The number of hydrogen-bond acceptors (Lipinski definition) is 4. The van der Waals surface area contributed by atoms with Gasteiger partial charge in [0, 0.05) is 37.8 Å². The number of piperidine rings is 1. The number of ether oxygens (including phenoxy) is 1. The maximum Gasteiger partial charge on any atom is 0.416 e. The monoisotopic (exact) mass is 472 g/mol. The summed E-state index contributed by atoms with van der Waals surface area (Å²) in [5.41, 5.74) is 0.298. The number of alkyl halides is 3. The molecule has 2 aromatic carbocycles. The van der Waals surface area contributed by atoms with Gasteiger partial charge in [-0.25, -0.2) is 4.98 Å². The maximum atomic E-state index is 12.9. The van der Waals surface area contributed by atoms with Crippen LogP contribution in [-0.2, 0) is 11.0 Å². The van der Waals surface area contributed by atoms with Gasteiger partial charge in [-0.15, -0.1) is 0 Å². The zero-order valence-electron chi connectivity index (χ0n) is 18.2. The van der Waals surface area contributed by atoms with E-state index >= 15 is 0 Å². The molecule has 7 nitrogen and oxygen atoms in total. The van der Waals surface area contributed by atoms with E-state index in [1.807, 2.05) is 30.3 Å². The number of carbonyl (C=O) groups excluding carboxylic acids is 2. The Morgan fingerprint density at radius 1 is 1.06 bits per heavy atom. The SMILES string of the molecule is O=C(NCC(=O)N1CCC(Oc2cccc(C(F)(F)F)c2)CC1)c1cn(-c2ccccc2)cn1. The first-order valence-corrected chi connectivity index (χ1v) is 10.8. The van der Waals surface area contributed by atoms with Gasteiger partial charge in [0.15, 0.2) is 0 Å². The van der Waals surface area contributed by atoms with E-state index in [0.29, 0.717) is 25.9 Å². The number of rotatable bonds is 6. The molecule has 0 spiro atoms. The molecule has 1 aliphatic rings. The van der Waals surface area contributed by atoms with Crippen molar-refractivity contribution >= 4 is 11.8 Å². The summed E-state index contributed by atoms with van der Waals surface area (Å²) in [6.45, 7) is 0.609. The van der Waals surface area contributed by atoms with Crippen molar-refractivity contribution in [1.29, 1.82) is 0 Å². The van der Waals surface area contributed by atoms with Crippen LogP contribution in [0, 0.1) is 0 Å². The van der Waals surface area contributed by atoms with Crippen LogP contribution >= 0.6 is 0 Å². The average molecular weight is 472 g/mol. The van der Waals surface area contributed by atoms with E-state index in [0.717, 1.165) is 17.8 Å². The van der Waals surface area contributed by atoms with Crippen molar-refractivity contribution in [2.75, 3.05) is 19.6 Å². The molecular weight excluding hydrogens is 449 g/mol. The van der Waals surface area contributed by atoms with Gasteiger partial charge in [0.1, 0.15) is 23.9 Å². The Morgan fingerprint density at radius 3 is 2.50 bits per heavy atom. The summed E-state index contributed by atoms with van der Waals surface area (Å²) >= 11 is 0. The van der Waals surface area contributed by atoms with Gasteiger partial charge in [-0.3, -0.25) is 9.59 Å². The Balaban J connectivity index is 1.23. The normalized spacial score (nSPS) is 14.6. The molecule has 1 aliphatic heterocycles. The number of imidazole rings is 1. The van der Waals surface area contributed by atoms with Gasteiger partial charge in [-0.1, -0.05) is 24.3 Å². The van der Waals surface area contributed by atoms with E-state index in [2.05, 4.69) is 10.3 Å². The molecule has 178 valence electrons. The summed E-state index contributed by atoms with van der Waals surface area (Å²) in [4.78, 5) is 30.6. The molecule has 0 saturated carbocycles. The van der Waals surface area contributed by atoms with Crippen molar-refractivity contribution in [2.45, 2.75) is 25.1 Å². The van der Waals surface area contributed by atoms with Crippen molar-refractivity contribution in [2.24, 2.45) is 0 Å². The summed E-state index contributed by atoms with van der Waals surface area (Å²) in [5.74, 6) is -0.541. The van der Waals surface area contributed by atoms with Crippen LogP contribution in [0.4, 0.5) is 13.2 Å². The highest BCUT2D eigenvalue weighted by Gasteiger charge is 2.31. The van der Waals surface area contributed by atoms with E-state index in [-0.39, 0.29) is 30.0 Å². The summed E-state index contributed by atoms with van der Waals surface area (Å²) in [5, 5.41) is 2.59. The maximum absolute atomic E-state index is 12.9. The quantitative estimate of drug-likeness (QED) is 0.594. The zero-order chi connectivity index (χ0) is 24.1. The van der Waals surface area contributed by atoms with Crippen molar-refractivity contribution in [3.8, 4) is 11.4 Å². The van der Waals surface area contributed by atoms with Gasteiger partial charge >= 0.3 is 6.18 Å². The summed E-state index contributed by atoms with van der Waals surface area (Å²) in [7, 11) is 0. The fourth-order valence-corrected chi connectivity index (χ4v) is 3.70. The summed E-state index contributed by atoms with van der Waals surface area (Å²) in [6.07, 6.45) is -0.634. The number of likely N-dealkylation sites (tertiary alicyclic amines) is 1. The predicted octanol–water partition coefficient (Wildman–Crippen LogP) is 3.69. The Hall–Kier alpha value is -3.82. The van der Waals surface area contributed by atoms with E-state index in [9.17, 15) is 22.8 Å². The fourth-order valence-electron chi connectivity index (χ4n) is 3.70. The number of amides is 2. The molecule has 1 aromatic heterocycles. The molecule has 2 heterocycles. The number of nitrogens with zero attached hydrogens (tertiary/aromatic N) is 3. The molecule has 1 fully saturated rings. The highest BCUT2D eigenvalue weighted by Crippen LogP contribution is 2.32. The predicted molar refractivity (Wildman–Crippen MR) is 118 cm³/mol. The summed E-state index contributed by atoms with van der Waals surface area (Å²) in [6, 6.07) is 14.2. The number of halogens is 3. The van der Waals surface area contributed by atoms with Gasteiger partial charge < -0.3 is 19.5 Å². The minimum absolute atomic E-state index is 0.154. The van der Waals surface area contributed by atoms with Crippen LogP contribution < -0.4 is 10.1 Å². The Kier molecular flexibility index (Phi) is 6.85. The van der Waals surface area contributed by atoms with Crippen LogP contribution in [0.15, 0.2) is 67.1 Å². The lowest BCUT2D eigenvalue weighted by molar-refractivity contribution is -0.138. The second-order valence-corrected chi connectivity index (χ2v) is 7.91. The van der Waals surface area contributed by atoms with Crippen LogP contribution in [0.2, 0.25) is 0 Å². The third-order valence-electron chi connectivity index (χ3n) is 5.53. The number of carbonyl (C=O) groups is 2. The first kappa shape index (κ1) is 23.3. The molecular formula is C24H23F3N4O3. The lowest BCUT2D eigenvalue weighted by Crippen LogP contribution is -2.46. The molecule has 3 aromatic rings. The second kappa shape index (κ2) is 9.98. The second-order valence-electron chi connectivity index (χ2n) is 7.91. The van der Waals surface area contributed by atoms with Crippen LogP contribution in [0.3, 0.4) is 0 Å². The molecule has 0 radical (unpaired) electrons. The fraction of sp³-hybridized carbons (Fsp3) is 0.292. The molecule has 10 heteroatoms. The molecule has 0 atom stereocenters. The molecule has 0 unspecified atom stereocenters. The number of hydrogen-bond donors (Lipinski definition) is 1. The highest BCUT2D eigenvalue weighted by atomic mass is 19.4. The molecule has 2 amide bonds. The van der Waals surface area contributed by atoms with Crippen LogP contribution in [0.1, 0.15) is 28.9 Å². The lowest BCUT2D eigenvalue weighted by Gasteiger charge is -2.32. The molecule has 0 aliphatic carbocycles. The standard InChI is InChI=1S/C24H23F3N4O3/c25-24(26,27)17-5-4-8-20(13-17)34-19-9-11-30(12-10-19)22(32)14-28-23(33)21-15-31(16-29-21)18-6-2-1-3-7-18/h1-8,13,15-16,19H,9-12,14H2,(H,28,33). The third-order valence-corrected chi connectivity index (χ3v) is 5.53. The van der Waals surface area contributed by atoms with Gasteiger partial charge in [0.05, 0.1) is 12.1 Å². The Morgan fingerprint density at radius 2 is 1.79 bits per heavy atom. The third kappa shape index (κ3) is 5.75. The lowest BCUT2D eigenvalue weighted by atomic mass is 10.1. The zero-order valence-corrected chi connectivity index (χ0v) is 18.2. The number of para-hydroxylation sites is 1. The smallest absolute Gasteiger partial charge is 0.416 e.